The molecule has 0 spiro atoms. The number of halogens is 3. The molecule has 0 aliphatic carbocycles. The van der Waals surface area contributed by atoms with Crippen molar-refractivity contribution in [3.05, 3.63) is 57.5 Å². The van der Waals surface area contributed by atoms with Gasteiger partial charge in [-0.3, -0.25) is 9.10 Å². The fraction of sp³-hybridized carbons (Fsp3) is 0.188. The molecule has 25 heavy (non-hydrogen) atoms. The van der Waals surface area contributed by atoms with Gasteiger partial charge in [0.15, 0.2) is 0 Å². The molecule has 0 aliphatic rings. The Hall–Kier alpha value is -1.47. The zero-order valence-electron chi connectivity index (χ0n) is 13.3. The second-order valence-electron chi connectivity index (χ2n) is 5.36. The Morgan fingerprint density at radius 2 is 1.52 bits per heavy atom. The van der Waals surface area contributed by atoms with Gasteiger partial charge in [-0.25, -0.2) is 8.42 Å². The van der Waals surface area contributed by atoms with Crippen molar-refractivity contribution in [2.45, 2.75) is 13.0 Å². The molecule has 2 aromatic carbocycles. The largest absolute Gasteiger partial charge is 0.324 e. The van der Waals surface area contributed by atoms with Crippen LogP contribution in [0.4, 0.5) is 11.4 Å². The number of amides is 1. The average molecular weight is 422 g/mol. The van der Waals surface area contributed by atoms with Gasteiger partial charge < -0.3 is 5.32 Å². The molecule has 0 unspecified atom stereocenters. The van der Waals surface area contributed by atoms with E-state index < -0.39 is 22.0 Å². The van der Waals surface area contributed by atoms with E-state index in [2.05, 4.69) is 5.32 Å². The second kappa shape index (κ2) is 7.83. The maximum atomic E-state index is 12.5. The molecule has 2 rings (SSSR count). The summed E-state index contributed by atoms with van der Waals surface area (Å²) in [4.78, 5) is 12.5. The van der Waals surface area contributed by atoms with Crippen molar-refractivity contribution in [1.29, 1.82) is 0 Å². The summed E-state index contributed by atoms with van der Waals surface area (Å²) in [6, 6.07) is 9.73. The van der Waals surface area contributed by atoms with Crippen LogP contribution in [-0.2, 0) is 14.8 Å². The monoisotopic (exact) mass is 420 g/mol. The third-order valence-corrected chi connectivity index (χ3v) is 5.23. The van der Waals surface area contributed by atoms with Gasteiger partial charge in [0, 0.05) is 20.8 Å². The zero-order valence-corrected chi connectivity index (χ0v) is 16.4. The van der Waals surface area contributed by atoms with Crippen molar-refractivity contribution in [3.63, 3.8) is 0 Å². The molecule has 2 aromatic rings. The molecular formula is C16H15Cl3N2O3S. The van der Waals surface area contributed by atoms with E-state index in [1.54, 1.807) is 12.1 Å². The van der Waals surface area contributed by atoms with Crippen LogP contribution in [-0.4, -0.2) is 26.6 Å². The number of anilines is 2. The molecule has 0 radical (unpaired) electrons. The van der Waals surface area contributed by atoms with Crippen LogP contribution < -0.4 is 9.62 Å². The number of hydrogen-bond acceptors (Lipinski definition) is 3. The highest BCUT2D eigenvalue weighted by Crippen LogP contribution is 2.25. The number of nitrogens with one attached hydrogen (secondary N) is 1. The zero-order chi connectivity index (χ0) is 18.8. The summed E-state index contributed by atoms with van der Waals surface area (Å²) in [6.45, 7) is 1.48. The Balaban J connectivity index is 2.31. The number of carbonyl (C=O) groups excluding carboxylic acids is 1. The molecule has 9 heteroatoms. The van der Waals surface area contributed by atoms with Crippen molar-refractivity contribution >= 4 is 62.1 Å². The van der Waals surface area contributed by atoms with Crippen LogP contribution in [0.1, 0.15) is 6.92 Å². The van der Waals surface area contributed by atoms with Crippen molar-refractivity contribution in [2.24, 2.45) is 0 Å². The van der Waals surface area contributed by atoms with Crippen LogP contribution in [0.15, 0.2) is 42.5 Å². The van der Waals surface area contributed by atoms with Gasteiger partial charge in [0.1, 0.15) is 6.04 Å². The minimum absolute atomic E-state index is 0.332. The summed E-state index contributed by atoms with van der Waals surface area (Å²) in [5.41, 5.74) is 0.706. The Kier molecular flexibility index (Phi) is 6.21. The molecule has 134 valence electrons. The first-order chi connectivity index (χ1) is 11.6. The van der Waals surface area contributed by atoms with Crippen molar-refractivity contribution in [2.75, 3.05) is 15.9 Å². The van der Waals surface area contributed by atoms with Gasteiger partial charge in [-0.15, -0.1) is 0 Å². The van der Waals surface area contributed by atoms with Crippen LogP contribution in [0, 0.1) is 0 Å². The first-order valence-corrected chi connectivity index (χ1v) is 10.1. The number of rotatable bonds is 5. The summed E-state index contributed by atoms with van der Waals surface area (Å²) in [5, 5.41) is 3.79. The lowest BCUT2D eigenvalue weighted by molar-refractivity contribution is -0.116. The molecular weight excluding hydrogens is 407 g/mol. The maximum Gasteiger partial charge on any atom is 0.247 e. The summed E-state index contributed by atoms with van der Waals surface area (Å²) in [7, 11) is -3.71. The minimum atomic E-state index is -3.71. The Morgan fingerprint density at radius 1 is 1.00 bits per heavy atom. The van der Waals surface area contributed by atoms with Gasteiger partial charge >= 0.3 is 0 Å². The fourth-order valence-electron chi connectivity index (χ4n) is 2.27. The highest BCUT2D eigenvalue weighted by atomic mass is 35.5. The molecule has 1 atom stereocenters. The van der Waals surface area contributed by atoms with Crippen molar-refractivity contribution in [3.8, 4) is 0 Å². The highest BCUT2D eigenvalue weighted by Gasteiger charge is 2.29. The quantitative estimate of drug-likeness (QED) is 0.776. The van der Waals surface area contributed by atoms with Crippen molar-refractivity contribution in [1.82, 2.24) is 0 Å². The van der Waals surface area contributed by atoms with Gasteiger partial charge in [0.05, 0.1) is 11.9 Å². The molecule has 0 saturated heterocycles. The van der Waals surface area contributed by atoms with Crippen LogP contribution >= 0.6 is 34.8 Å². The summed E-state index contributed by atoms with van der Waals surface area (Å²) < 4.78 is 25.4. The summed E-state index contributed by atoms with van der Waals surface area (Å²) in [6.07, 6.45) is 1.03. The Labute approximate surface area is 161 Å². The average Bonchev–Trinajstić information content (AvgIpc) is 2.47. The first-order valence-electron chi connectivity index (χ1n) is 7.10. The Morgan fingerprint density at radius 3 is 2.00 bits per heavy atom. The molecule has 0 fully saturated rings. The molecule has 0 saturated carbocycles. The van der Waals surface area contributed by atoms with Crippen LogP contribution in [0.2, 0.25) is 15.1 Å². The van der Waals surface area contributed by atoms with Gasteiger partial charge in [-0.1, -0.05) is 34.8 Å². The number of nitrogens with zero attached hydrogens (tertiary/aromatic N) is 1. The van der Waals surface area contributed by atoms with Crippen LogP contribution in [0.5, 0.6) is 0 Å². The lowest BCUT2D eigenvalue weighted by Gasteiger charge is -2.28. The molecule has 0 heterocycles. The van der Waals surface area contributed by atoms with E-state index in [1.165, 1.54) is 37.3 Å². The third-order valence-electron chi connectivity index (χ3n) is 3.30. The van der Waals surface area contributed by atoms with E-state index in [0.717, 1.165) is 10.6 Å². The minimum Gasteiger partial charge on any atom is -0.324 e. The SMILES string of the molecule is C[C@H](C(=O)Nc1cc(Cl)cc(Cl)c1)N(c1ccc(Cl)cc1)S(C)(=O)=O. The Bertz CT molecular complexity index is 866. The smallest absolute Gasteiger partial charge is 0.247 e. The second-order valence-corrected chi connectivity index (χ2v) is 8.53. The molecule has 1 amide bonds. The first kappa shape index (κ1) is 19.8. The van der Waals surface area contributed by atoms with E-state index in [4.69, 9.17) is 34.8 Å². The van der Waals surface area contributed by atoms with Gasteiger partial charge in [-0.05, 0) is 49.4 Å². The molecule has 5 nitrogen and oxygen atoms in total. The normalized spacial score (nSPS) is 12.5. The molecule has 1 N–H and O–H groups in total. The topological polar surface area (TPSA) is 66.5 Å². The number of benzene rings is 2. The van der Waals surface area contributed by atoms with E-state index in [1.807, 2.05) is 0 Å². The lowest BCUT2D eigenvalue weighted by atomic mass is 10.2. The van der Waals surface area contributed by atoms with Crippen LogP contribution in [0.3, 0.4) is 0 Å². The third kappa shape index (κ3) is 5.25. The fourth-order valence-corrected chi connectivity index (χ4v) is 4.10. The number of carbonyl (C=O) groups is 1. The van der Waals surface area contributed by atoms with Crippen molar-refractivity contribution < 1.29 is 13.2 Å². The van der Waals surface area contributed by atoms with Crippen LogP contribution in [0.25, 0.3) is 0 Å². The number of hydrogen-bond donors (Lipinski definition) is 1. The molecule has 0 aliphatic heterocycles. The predicted octanol–water partition coefficient (Wildman–Crippen LogP) is 4.44. The maximum absolute atomic E-state index is 12.5. The summed E-state index contributed by atoms with van der Waals surface area (Å²) >= 11 is 17.6. The van der Waals surface area contributed by atoms with E-state index >= 15 is 0 Å². The molecule has 0 aromatic heterocycles. The van der Waals surface area contributed by atoms with E-state index in [-0.39, 0.29) is 0 Å². The standard InChI is InChI=1S/C16H15Cl3N2O3S/c1-10(16(22)20-14-8-12(18)7-13(19)9-14)21(25(2,23)24)15-5-3-11(17)4-6-15/h3-10H,1-2H3,(H,20,22)/t10-/m1/s1. The van der Waals surface area contributed by atoms with E-state index in [0.29, 0.717) is 26.4 Å². The predicted molar refractivity (Wildman–Crippen MR) is 103 cm³/mol. The molecule has 0 bridgehead atoms. The lowest BCUT2D eigenvalue weighted by Crippen LogP contribution is -2.45. The van der Waals surface area contributed by atoms with Gasteiger partial charge in [0.2, 0.25) is 15.9 Å². The summed E-state index contributed by atoms with van der Waals surface area (Å²) in [5.74, 6) is -0.529. The van der Waals surface area contributed by atoms with E-state index in [9.17, 15) is 13.2 Å². The van der Waals surface area contributed by atoms with Gasteiger partial charge in [0.25, 0.3) is 0 Å². The number of sulfonamides is 1. The van der Waals surface area contributed by atoms with Gasteiger partial charge in [-0.2, -0.15) is 0 Å². The highest BCUT2D eigenvalue weighted by molar-refractivity contribution is 7.92.